The van der Waals surface area contributed by atoms with Gasteiger partial charge in [-0.05, 0) is 33.2 Å². The number of aromatic nitrogens is 2. The van der Waals surface area contributed by atoms with Crippen molar-refractivity contribution in [1.82, 2.24) is 19.9 Å². The molecule has 0 aromatic carbocycles. The first-order valence-corrected chi connectivity index (χ1v) is 8.06. The smallest absolute Gasteiger partial charge is 0.239 e. The van der Waals surface area contributed by atoms with Crippen LogP contribution in [0.2, 0.25) is 0 Å². The van der Waals surface area contributed by atoms with Crippen LogP contribution in [0.3, 0.4) is 0 Å². The molecule has 7 nitrogen and oxygen atoms in total. The lowest BCUT2D eigenvalue weighted by atomic mass is 9.96. The van der Waals surface area contributed by atoms with Gasteiger partial charge in [-0.2, -0.15) is 4.98 Å². The second-order valence-electron chi connectivity index (χ2n) is 6.13. The zero-order chi connectivity index (χ0) is 15.5. The predicted molar refractivity (Wildman–Crippen MR) is 79.4 cm³/mol. The highest BCUT2D eigenvalue weighted by Crippen LogP contribution is 2.27. The lowest BCUT2D eigenvalue weighted by Gasteiger charge is -2.38. The summed E-state index contributed by atoms with van der Waals surface area (Å²) in [6.45, 7) is 8.26. The van der Waals surface area contributed by atoms with E-state index in [4.69, 9.17) is 9.26 Å². The van der Waals surface area contributed by atoms with Crippen molar-refractivity contribution in [3.05, 3.63) is 11.7 Å². The van der Waals surface area contributed by atoms with E-state index in [2.05, 4.69) is 15.0 Å². The van der Waals surface area contributed by atoms with Crippen LogP contribution in [-0.2, 0) is 9.53 Å². The number of aryl methyl sites for hydroxylation is 1. The number of carbonyl (C=O) groups is 1. The minimum Gasteiger partial charge on any atom is -0.378 e. The van der Waals surface area contributed by atoms with E-state index in [1.807, 2.05) is 18.7 Å². The Hall–Kier alpha value is -1.47. The maximum absolute atomic E-state index is 12.6. The van der Waals surface area contributed by atoms with Gasteiger partial charge in [0.25, 0.3) is 0 Å². The molecular weight excluding hydrogens is 284 g/mol. The number of morpholine rings is 1. The second-order valence-corrected chi connectivity index (χ2v) is 6.13. The van der Waals surface area contributed by atoms with Crippen LogP contribution in [0.4, 0.5) is 0 Å². The molecule has 7 heteroatoms. The molecule has 2 aliphatic rings. The van der Waals surface area contributed by atoms with Crippen molar-refractivity contribution in [2.24, 2.45) is 0 Å². The molecule has 3 rings (SSSR count). The summed E-state index contributed by atoms with van der Waals surface area (Å²) in [5.41, 5.74) is 0. The molecule has 0 unspecified atom stereocenters. The van der Waals surface area contributed by atoms with Crippen LogP contribution in [0.15, 0.2) is 4.52 Å². The van der Waals surface area contributed by atoms with E-state index in [1.54, 1.807) is 0 Å². The van der Waals surface area contributed by atoms with Crippen LogP contribution in [0, 0.1) is 6.92 Å². The third-order valence-electron chi connectivity index (χ3n) is 4.57. The second kappa shape index (κ2) is 6.75. The molecule has 122 valence electrons. The topological polar surface area (TPSA) is 71.7 Å². The van der Waals surface area contributed by atoms with Crippen molar-refractivity contribution in [2.45, 2.75) is 38.6 Å². The maximum atomic E-state index is 12.6. The van der Waals surface area contributed by atoms with Gasteiger partial charge in [0.15, 0.2) is 5.82 Å². The Morgan fingerprint density at radius 3 is 2.77 bits per heavy atom. The first-order chi connectivity index (χ1) is 10.6. The average molecular weight is 308 g/mol. The van der Waals surface area contributed by atoms with Gasteiger partial charge in [-0.15, -0.1) is 0 Å². The molecule has 0 radical (unpaired) electrons. The van der Waals surface area contributed by atoms with E-state index in [1.165, 1.54) is 0 Å². The maximum Gasteiger partial charge on any atom is 0.239 e. The summed E-state index contributed by atoms with van der Waals surface area (Å²) < 4.78 is 10.6. The zero-order valence-electron chi connectivity index (χ0n) is 13.3. The summed E-state index contributed by atoms with van der Waals surface area (Å²) in [7, 11) is 0. The van der Waals surface area contributed by atoms with Crippen LogP contribution >= 0.6 is 0 Å². The Morgan fingerprint density at radius 1 is 1.32 bits per heavy atom. The molecule has 0 aliphatic carbocycles. The summed E-state index contributed by atoms with van der Waals surface area (Å²) >= 11 is 0. The minimum absolute atomic E-state index is 0.107. The highest BCUT2D eigenvalue weighted by atomic mass is 16.5. The van der Waals surface area contributed by atoms with Gasteiger partial charge in [-0.25, -0.2) is 0 Å². The van der Waals surface area contributed by atoms with Crippen LogP contribution in [0.1, 0.15) is 37.4 Å². The number of carbonyl (C=O) groups excluding carboxylic acids is 1. The summed E-state index contributed by atoms with van der Waals surface area (Å²) in [4.78, 5) is 21.1. The fourth-order valence-electron chi connectivity index (χ4n) is 3.24. The quantitative estimate of drug-likeness (QED) is 0.823. The molecule has 0 N–H and O–H groups in total. The van der Waals surface area contributed by atoms with E-state index in [-0.39, 0.29) is 17.9 Å². The van der Waals surface area contributed by atoms with Gasteiger partial charge in [-0.1, -0.05) is 5.16 Å². The molecule has 0 spiro atoms. The molecule has 22 heavy (non-hydrogen) atoms. The van der Waals surface area contributed by atoms with Gasteiger partial charge < -0.3 is 14.2 Å². The summed E-state index contributed by atoms with van der Waals surface area (Å²) in [6.07, 6.45) is 2.09. The van der Waals surface area contributed by atoms with E-state index < -0.39 is 0 Å². The Bertz CT molecular complexity index is 513. The lowest BCUT2D eigenvalue weighted by molar-refractivity contribution is -0.141. The monoisotopic (exact) mass is 308 g/mol. The van der Waals surface area contributed by atoms with Gasteiger partial charge in [0.2, 0.25) is 11.8 Å². The van der Waals surface area contributed by atoms with Crippen LogP contribution in [-0.4, -0.2) is 71.3 Å². The normalized spacial score (nSPS) is 25.2. The Morgan fingerprint density at radius 2 is 2.09 bits per heavy atom. The minimum atomic E-state index is -0.107. The van der Waals surface area contributed by atoms with Crippen molar-refractivity contribution < 1.29 is 14.1 Å². The highest BCUT2D eigenvalue weighted by molar-refractivity contribution is 5.81. The Labute approximate surface area is 130 Å². The van der Waals surface area contributed by atoms with Crippen molar-refractivity contribution in [2.75, 3.05) is 39.4 Å². The van der Waals surface area contributed by atoms with Crippen LogP contribution < -0.4 is 0 Å². The number of hydrogen-bond donors (Lipinski definition) is 0. The van der Waals surface area contributed by atoms with Gasteiger partial charge >= 0.3 is 0 Å². The van der Waals surface area contributed by atoms with Crippen molar-refractivity contribution in [3.8, 4) is 0 Å². The Balaban J connectivity index is 1.62. The first kappa shape index (κ1) is 15.4. The fraction of sp³-hybridized carbons (Fsp3) is 0.800. The SMILES string of the molecule is Cc1noc([C@H]2CCCN([C@@H](C)C(=O)N3CCOCC3)C2)n1. The van der Waals surface area contributed by atoms with Gasteiger partial charge in [0.05, 0.1) is 25.2 Å². The predicted octanol–water partition coefficient (Wildman–Crippen LogP) is 0.805. The molecule has 3 heterocycles. The number of rotatable bonds is 3. The van der Waals surface area contributed by atoms with E-state index >= 15 is 0 Å². The number of hydrogen-bond acceptors (Lipinski definition) is 6. The fourth-order valence-corrected chi connectivity index (χ4v) is 3.24. The molecule has 2 fully saturated rings. The standard InChI is InChI=1S/C15H24N4O3/c1-11(15(20)18-6-8-21-9-7-18)19-5-3-4-13(10-19)14-16-12(2)17-22-14/h11,13H,3-10H2,1-2H3/t11-,13-/m0/s1. The van der Waals surface area contributed by atoms with Gasteiger partial charge in [0.1, 0.15) is 0 Å². The first-order valence-electron chi connectivity index (χ1n) is 8.06. The van der Waals surface area contributed by atoms with Crippen molar-refractivity contribution >= 4 is 5.91 Å². The van der Waals surface area contributed by atoms with Gasteiger partial charge in [0, 0.05) is 19.6 Å². The molecular formula is C15H24N4O3. The molecule has 1 aromatic rings. The third kappa shape index (κ3) is 3.30. The zero-order valence-corrected chi connectivity index (χ0v) is 13.3. The largest absolute Gasteiger partial charge is 0.378 e. The summed E-state index contributed by atoms with van der Waals surface area (Å²) in [5, 5.41) is 3.88. The molecule has 1 amide bonds. The average Bonchev–Trinajstić information content (AvgIpc) is 3.01. The van der Waals surface area contributed by atoms with Crippen molar-refractivity contribution in [3.63, 3.8) is 0 Å². The summed E-state index contributed by atoms with van der Waals surface area (Å²) in [5.74, 6) is 1.80. The van der Waals surface area contributed by atoms with E-state index in [9.17, 15) is 4.79 Å². The highest BCUT2D eigenvalue weighted by Gasteiger charge is 2.32. The van der Waals surface area contributed by atoms with Crippen molar-refractivity contribution in [1.29, 1.82) is 0 Å². The van der Waals surface area contributed by atoms with Crippen LogP contribution in [0.5, 0.6) is 0 Å². The third-order valence-corrected chi connectivity index (χ3v) is 4.57. The number of likely N-dealkylation sites (tertiary alicyclic amines) is 1. The summed E-state index contributed by atoms with van der Waals surface area (Å²) in [6, 6.07) is -0.107. The molecule has 0 saturated carbocycles. The Kier molecular flexibility index (Phi) is 4.73. The molecule has 1 aromatic heterocycles. The molecule has 2 aliphatic heterocycles. The number of piperidine rings is 1. The number of ether oxygens (including phenoxy) is 1. The lowest BCUT2D eigenvalue weighted by Crippen LogP contribution is -2.52. The number of amides is 1. The van der Waals surface area contributed by atoms with E-state index in [0.717, 1.165) is 25.9 Å². The number of nitrogens with zero attached hydrogens (tertiary/aromatic N) is 4. The van der Waals surface area contributed by atoms with Crippen LogP contribution in [0.25, 0.3) is 0 Å². The van der Waals surface area contributed by atoms with Gasteiger partial charge in [-0.3, -0.25) is 9.69 Å². The van der Waals surface area contributed by atoms with E-state index in [0.29, 0.717) is 38.0 Å². The molecule has 0 bridgehead atoms. The molecule has 2 atom stereocenters. The molecule has 2 saturated heterocycles.